The van der Waals surface area contributed by atoms with Gasteiger partial charge in [-0.3, -0.25) is 15.0 Å². The van der Waals surface area contributed by atoms with Gasteiger partial charge in [-0.15, -0.1) is 0 Å². The van der Waals surface area contributed by atoms with Crippen molar-refractivity contribution in [3.63, 3.8) is 0 Å². The van der Waals surface area contributed by atoms with Crippen LogP contribution in [0.25, 0.3) is 0 Å². The lowest BCUT2D eigenvalue weighted by Gasteiger charge is -2.59. The number of rotatable bonds is 6. The number of benzene rings is 2. The van der Waals surface area contributed by atoms with Gasteiger partial charge in [0, 0.05) is 61.2 Å². The van der Waals surface area contributed by atoms with Gasteiger partial charge in [-0.05, 0) is 69.9 Å². The van der Waals surface area contributed by atoms with Gasteiger partial charge in [0.1, 0.15) is 11.7 Å². The number of piperidine rings is 1. The summed E-state index contributed by atoms with van der Waals surface area (Å²) in [4.78, 5) is 21.3. The molecule has 0 aromatic heterocycles. The maximum absolute atomic E-state index is 13.8. The number of likely N-dealkylation sites (tertiary alicyclic amines) is 2. The Morgan fingerprint density at radius 2 is 1.53 bits per heavy atom. The maximum Gasteiger partial charge on any atom is 0.269 e. The second kappa shape index (κ2) is 10.8. The van der Waals surface area contributed by atoms with E-state index in [-0.39, 0.29) is 28.5 Å². The average molecular weight is 513 g/mol. The van der Waals surface area contributed by atoms with Crippen LogP contribution < -0.4 is 0 Å². The number of halogens is 1. The summed E-state index contributed by atoms with van der Waals surface area (Å²) in [5.41, 5.74) is 1.15. The van der Waals surface area contributed by atoms with Gasteiger partial charge in [0.15, 0.2) is 0 Å². The van der Waals surface area contributed by atoms with Crippen LogP contribution in [0.1, 0.15) is 24.3 Å². The number of nitrogens with zero attached hydrogens (tertiary/aromatic N) is 6. The molecule has 2 atom stereocenters. The van der Waals surface area contributed by atoms with Crippen LogP contribution in [0.15, 0.2) is 57.8 Å². The number of nitro groups is 1. The fourth-order valence-corrected chi connectivity index (χ4v) is 6.15. The number of nitro benzene ring substituents is 1. The van der Waals surface area contributed by atoms with Crippen molar-refractivity contribution in [3.05, 3.63) is 70.0 Å². The van der Waals surface area contributed by atoms with Crippen LogP contribution in [0.2, 0.25) is 0 Å². The molecule has 0 bridgehead atoms. The number of amidine groups is 1. The number of non-ortho nitro benzene ring substituents is 1. The first-order valence-corrected chi connectivity index (χ1v) is 13.3. The van der Waals surface area contributed by atoms with Crippen LogP contribution in [0, 0.1) is 15.9 Å². The Balaban J connectivity index is 1.47. The van der Waals surface area contributed by atoms with E-state index in [4.69, 9.17) is 4.40 Å². The van der Waals surface area contributed by atoms with Crippen LogP contribution in [-0.2, 0) is 0 Å². The van der Waals surface area contributed by atoms with Gasteiger partial charge in [0.25, 0.3) is 5.69 Å². The molecular formula is C26H33FN6O2S. The van der Waals surface area contributed by atoms with Crippen LogP contribution >= 0.6 is 11.9 Å². The van der Waals surface area contributed by atoms with Crippen LogP contribution in [0.5, 0.6) is 0 Å². The second-order valence-corrected chi connectivity index (χ2v) is 10.9. The van der Waals surface area contributed by atoms with Crippen molar-refractivity contribution >= 4 is 23.5 Å². The molecule has 192 valence electrons. The first kappa shape index (κ1) is 25.1. The Morgan fingerprint density at radius 3 is 2.14 bits per heavy atom. The Labute approximate surface area is 216 Å². The lowest BCUT2D eigenvalue weighted by atomic mass is 9.81. The molecule has 10 heteroatoms. The molecule has 0 amide bonds. The molecule has 8 nitrogen and oxygen atoms in total. The van der Waals surface area contributed by atoms with Crippen molar-refractivity contribution in [1.29, 1.82) is 0 Å². The summed E-state index contributed by atoms with van der Waals surface area (Å²) < 4.78 is 18.8. The van der Waals surface area contributed by atoms with E-state index in [0.29, 0.717) is 6.04 Å². The highest BCUT2D eigenvalue weighted by molar-refractivity contribution is 7.98. The molecule has 0 N–H and O–H groups in total. The van der Waals surface area contributed by atoms with Crippen LogP contribution in [0.3, 0.4) is 0 Å². The van der Waals surface area contributed by atoms with E-state index >= 15 is 0 Å². The molecule has 3 aliphatic heterocycles. The van der Waals surface area contributed by atoms with Crippen molar-refractivity contribution in [2.45, 2.75) is 35.9 Å². The summed E-state index contributed by atoms with van der Waals surface area (Å²) >= 11 is 1.36. The largest absolute Gasteiger partial charge is 0.339 e. The molecular weight excluding hydrogens is 479 g/mol. The molecule has 2 aromatic rings. The molecule has 5 rings (SSSR count). The Morgan fingerprint density at radius 1 is 0.917 bits per heavy atom. The summed E-state index contributed by atoms with van der Waals surface area (Å²) in [5, 5.41) is 11.0. The Bertz CT molecular complexity index is 1080. The van der Waals surface area contributed by atoms with E-state index in [1.165, 1.54) is 36.2 Å². The lowest BCUT2D eigenvalue weighted by molar-refractivity contribution is -0.384. The SMILES string of the molecule is CN1CCC(N2C(=NSc3ccc([N+](=O)[O-])cc3)C(c3ccc(F)cc3)C2N2CCN(C)CC2)CC1. The molecule has 2 aromatic carbocycles. The fraction of sp³-hybridized carbons (Fsp3) is 0.500. The van der Waals surface area contributed by atoms with Gasteiger partial charge in [-0.2, -0.15) is 4.40 Å². The minimum atomic E-state index is -0.390. The predicted molar refractivity (Wildman–Crippen MR) is 141 cm³/mol. The third-order valence-corrected chi connectivity index (χ3v) is 8.40. The summed E-state index contributed by atoms with van der Waals surface area (Å²) in [6.45, 7) is 6.15. The zero-order valence-electron chi connectivity index (χ0n) is 20.8. The number of hydrogen-bond acceptors (Lipinski definition) is 7. The number of likely N-dealkylation sites (N-methyl/N-ethyl adjacent to an activating group) is 1. The van der Waals surface area contributed by atoms with E-state index < -0.39 is 0 Å². The van der Waals surface area contributed by atoms with E-state index in [9.17, 15) is 14.5 Å². The summed E-state index contributed by atoms with van der Waals surface area (Å²) in [6, 6.07) is 13.8. The van der Waals surface area contributed by atoms with Gasteiger partial charge in [0.05, 0.1) is 17.0 Å². The Hall–Kier alpha value is -2.53. The van der Waals surface area contributed by atoms with E-state index in [2.05, 4.69) is 33.7 Å². The van der Waals surface area contributed by atoms with Crippen LogP contribution in [0.4, 0.5) is 10.1 Å². The smallest absolute Gasteiger partial charge is 0.269 e. The van der Waals surface area contributed by atoms with Gasteiger partial charge in [-0.25, -0.2) is 4.39 Å². The second-order valence-electron chi connectivity index (χ2n) is 10.0. The van der Waals surface area contributed by atoms with E-state index in [1.54, 1.807) is 12.1 Å². The standard InChI is InChI=1S/C26H33FN6O2S/c1-29-13-11-21(12-14-29)32-25(28-36-23-9-7-22(8-10-23)33(34)35)24(19-3-5-20(27)6-4-19)26(32)31-17-15-30(2)16-18-31/h3-10,21,24,26H,11-18H2,1-2H3. The predicted octanol–water partition coefficient (Wildman–Crippen LogP) is 3.91. The highest BCUT2D eigenvalue weighted by atomic mass is 32.2. The summed E-state index contributed by atoms with van der Waals surface area (Å²) in [6.07, 6.45) is 2.35. The number of hydrogen-bond donors (Lipinski definition) is 0. The molecule has 0 saturated carbocycles. The molecule has 2 unspecified atom stereocenters. The van der Waals surface area contributed by atoms with Crippen molar-refractivity contribution in [2.75, 3.05) is 53.4 Å². The molecule has 3 fully saturated rings. The van der Waals surface area contributed by atoms with Gasteiger partial charge in [-0.1, -0.05) is 12.1 Å². The molecule has 0 aliphatic carbocycles. The minimum absolute atomic E-state index is 0.0548. The maximum atomic E-state index is 13.8. The molecule has 3 aliphatic rings. The zero-order chi connectivity index (χ0) is 25.2. The zero-order valence-corrected chi connectivity index (χ0v) is 21.6. The first-order chi connectivity index (χ1) is 17.4. The topological polar surface area (TPSA) is 68.5 Å². The van der Waals surface area contributed by atoms with Gasteiger partial charge in [0.2, 0.25) is 0 Å². The van der Waals surface area contributed by atoms with E-state index in [1.807, 2.05) is 12.1 Å². The van der Waals surface area contributed by atoms with Crippen molar-refractivity contribution < 1.29 is 9.31 Å². The molecule has 36 heavy (non-hydrogen) atoms. The van der Waals surface area contributed by atoms with Crippen molar-refractivity contribution in [1.82, 2.24) is 19.6 Å². The molecule has 3 heterocycles. The first-order valence-electron chi connectivity index (χ1n) is 12.5. The van der Waals surface area contributed by atoms with Crippen LogP contribution in [-0.4, -0.2) is 95.9 Å². The summed E-state index contributed by atoms with van der Waals surface area (Å²) in [5.74, 6) is 0.836. The van der Waals surface area contributed by atoms with Crippen molar-refractivity contribution in [2.24, 2.45) is 4.40 Å². The van der Waals surface area contributed by atoms with Gasteiger partial charge >= 0.3 is 0 Å². The molecule has 0 radical (unpaired) electrons. The Kier molecular flexibility index (Phi) is 7.57. The minimum Gasteiger partial charge on any atom is -0.339 e. The van der Waals surface area contributed by atoms with E-state index in [0.717, 1.165) is 68.4 Å². The molecule has 3 saturated heterocycles. The number of piperazine rings is 1. The monoisotopic (exact) mass is 512 g/mol. The third-order valence-electron chi connectivity index (χ3n) is 7.64. The summed E-state index contributed by atoms with van der Waals surface area (Å²) in [7, 11) is 4.34. The molecule has 0 spiro atoms. The van der Waals surface area contributed by atoms with Gasteiger partial charge < -0.3 is 14.7 Å². The lowest BCUT2D eigenvalue weighted by Crippen LogP contribution is -2.71. The fourth-order valence-electron chi connectivity index (χ4n) is 5.48. The highest BCUT2D eigenvalue weighted by Gasteiger charge is 2.52. The third kappa shape index (κ3) is 5.27. The highest BCUT2D eigenvalue weighted by Crippen LogP contribution is 2.44. The normalized spacial score (nSPS) is 25.8. The average Bonchev–Trinajstić information content (AvgIpc) is 2.87. The van der Waals surface area contributed by atoms with Crippen molar-refractivity contribution in [3.8, 4) is 0 Å². The quantitative estimate of drug-likeness (QED) is 0.330.